The molecule has 0 aliphatic heterocycles. The number of carboxylic acid groups (broad SMARTS) is 1. The molecule has 0 radical (unpaired) electrons. The molecule has 2 aromatic rings. The van der Waals surface area contributed by atoms with Crippen LogP contribution in [-0.4, -0.2) is 40.7 Å². The van der Waals surface area contributed by atoms with E-state index >= 15 is 0 Å². The second kappa shape index (κ2) is 4.68. The number of aromatic nitrogens is 4. The number of aromatic carboxylic acids is 1. The third-order valence-electron chi connectivity index (χ3n) is 2.17. The molecule has 2 aromatic heterocycles. The molecule has 2 heterocycles. The van der Waals surface area contributed by atoms with E-state index in [0.29, 0.717) is 0 Å². The Bertz CT molecular complexity index is 724. The van der Waals surface area contributed by atoms with E-state index in [2.05, 4.69) is 15.1 Å². The molecule has 102 valence electrons. The fraction of sp³-hybridized carbons (Fsp3) is 0. The highest BCUT2D eigenvalue weighted by Gasteiger charge is 2.23. The Labute approximate surface area is 108 Å². The van der Waals surface area contributed by atoms with Gasteiger partial charge in [-0.15, -0.1) is 4.68 Å². The van der Waals surface area contributed by atoms with Gasteiger partial charge in [0, 0.05) is 11.2 Å². The molecule has 2 rings (SSSR count). The van der Waals surface area contributed by atoms with Crippen LogP contribution in [0.2, 0.25) is 0 Å². The first kappa shape index (κ1) is 13.0. The van der Waals surface area contributed by atoms with Gasteiger partial charge in [-0.1, -0.05) is 4.98 Å². The van der Waals surface area contributed by atoms with Gasteiger partial charge < -0.3 is 15.2 Å². The van der Waals surface area contributed by atoms with Crippen LogP contribution in [0, 0.1) is 20.2 Å². The van der Waals surface area contributed by atoms with E-state index in [1.165, 1.54) is 0 Å². The van der Waals surface area contributed by atoms with Crippen LogP contribution >= 0.6 is 0 Å². The number of nitrogens with zero attached hydrogens (tertiary/aromatic N) is 6. The van der Waals surface area contributed by atoms with Crippen LogP contribution in [0.15, 0.2) is 18.6 Å². The van der Waals surface area contributed by atoms with E-state index in [9.17, 15) is 25.0 Å². The summed E-state index contributed by atoms with van der Waals surface area (Å²) in [5.74, 6) is -2.38. The topological polar surface area (TPSA) is 167 Å². The quantitative estimate of drug-likeness (QED) is 0.606. The van der Waals surface area contributed by atoms with E-state index < -0.39 is 33.0 Å². The lowest BCUT2D eigenvalue weighted by atomic mass is 10.2. The summed E-state index contributed by atoms with van der Waals surface area (Å²) in [6.07, 6.45) is 1.67. The van der Waals surface area contributed by atoms with Crippen molar-refractivity contribution in [3.8, 4) is 5.82 Å². The minimum Gasteiger partial charge on any atom is -0.477 e. The second-order valence-electron chi connectivity index (χ2n) is 3.37. The third kappa shape index (κ3) is 2.24. The SMILES string of the molecule is O=C(O)c1cc(-n2cnc([N+](=O)[O-])n2)ncc1[N+](=O)[O-]. The molecule has 12 nitrogen and oxygen atoms in total. The maximum atomic E-state index is 10.9. The maximum Gasteiger partial charge on any atom is 0.491 e. The fourth-order valence-corrected chi connectivity index (χ4v) is 1.33. The van der Waals surface area contributed by atoms with E-state index in [1.54, 1.807) is 0 Å². The lowest BCUT2D eigenvalue weighted by molar-refractivity contribution is -0.394. The minimum atomic E-state index is -1.53. The third-order valence-corrected chi connectivity index (χ3v) is 2.17. The van der Waals surface area contributed by atoms with E-state index in [1.807, 2.05) is 0 Å². The number of rotatable bonds is 4. The highest BCUT2D eigenvalue weighted by Crippen LogP contribution is 2.19. The molecular weight excluding hydrogens is 276 g/mol. The lowest BCUT2D eigenvalue weighted by Gasteiger charge is -1.99. The predicted octanol–water partition coefficient (Wildman–Crippen LogP) is 0.177. The van der Waals surface area contributed by atoms with Gasteiger partial charge >= 0.3 is 17.6 Å². The molecule has 0 spiro atoms. The summed E-state index contributed by atoms with van der Waals surface area (Å²) >= 11 is 0. The molecule has 0 saturated heterocycles. The summed E-state index contributed by atoms with van der Waals surface area (Å²) in [6.45, 7) is 0. The summed E-state index contributed by atoms with van der Waals surface area (Å²) < 4.78 is 0.842. The summed E-state index contributed by atoms with van der Waals surface area (Å²) in [7, 11) is 0. The van der Waals surface area contributed by atoms with Crippen LogP contribution in [0.25, 0.3) is 5.82 Å². The Morgan fingerprint density at radius 3 is 2.45 bits per heavy atom. The van der Waals surface area contributed by atoms with Crippen molar-refractivity contribution in [2.45, 2.75) is 0 Å². The average Bonchev–Trinajstić information content (AvgIpc) is 2.87. The van der Waals surface area contributed by atoms with Crippen LogP contribution in [0.3, 0.4) is 0 Å². The van der Waals surface area contributed by atoms with Gasteiger partial charge in [-0.05, 0) is 4.92 Å². The van der Waals surface area contributed by atoms with Crippen molar-refractivity contribution < 1.29 is 19.7 Å². The Morgan fingerprint density at radius 2 is 1.95 bits per heavy atom. The normalized spacial score (nSPS) is 10.2. The zero-order chi connectivity index (χ0) is 14.9. The van der Waals surface area contributed by atoms with Crippen molar-refractivity contribution >= 4 is 17.6 Å². The molecule has 0 amide bonds. The molecule has 0 aliphatic rings. The van der Waals surface area contributed by atoms with Crippen molar-refractivity contribution in [3.05, 3.63) is 44.4 Å². The van der Waals surface area contributed by atoms with Crippen LogP contribution in [0.5, 0.6) is 0 Å². The molecule has 0 saturated carbocycles. The number of pyridine rings is 1. The van der Waals surface area contributed by atoms with Crippen molar-refractivity contribution in [2.75, 3.05) is 0 Å². The van der Waals surface area contributed by atoms with Crippen molar-refractivity contribution in [1.82, 2.24) is 19.7 Å². The largest absolute Gasteiger partial charge is 0.491 e. The monoisotopic (exact) mass is 280 g/mol. The van der Waals surface area contributed by atoms with Gasteiger partial charge in [0.2, 0.25) is 6.33 Å². The predicted molar refractivity (Wildman–Crippen MR) is 59.4 cm³/mol. The first-order chi connectivity index (χ1) is 9.40. The van der Waals surface area contributed by atoms with E-state index in [0.717, 1.165) is 23.3 Å². The van der Waals surface area contributed by atoms with Gasteiger partial charge in [-0.2, -0.15) is 0 Å². The number of hydrogen-bond donors (Lipinski definition) is 1. The summed E-state index contributed by atoms with van der Waals surface area (Å²) in [5, 5.41) is 33.4. The summed E-state index contributed by atoms with van der Waals surface area (Å²) in [4.78, 5) is 37.2. The molecule has 0 unspecified atom stereocenters. The fourth-order valence-electron chi connectivity index (χ4n) is 1.33. The molecule has 20 heavy (non-hydrogen) atoms. The Morgan fingerprint density at radius 1 is 1.25 bits per heavy atom. The van der Waals surface area contributed by atoms with Gasteiger partial charge in [0.15, 0.2) is 5.82 Å². The highest BCUT2D eigenvalue weighted by atomic mass is 16.6. The van der Waals surface area contributed by atoms with Gasteiger partial charge in [0.25, 0.3) is 0 Å². The molecule has 12 heteroatoms. The standard InChI is InChI=1S/C8H4N6O6/c15-7(16)4-1-6(9-2-5(4)13(17)18)12-3-10-8(11-12)14(19)20/h1-3H,(H,15,16). The molecular formula is C8H4N6O6. The summed E-state index contributed by atoms with van der Waals surface area (Å²) in [5.41, 5.74) is -1.31. The molecule has 0 fully saturated rings. The Balaban J connectivity index is 2.52. The van der Waals surface area contributed by atoms with E-state index in [-0.39, 0.29) is 5.82 Å². The molecule has 0 aromatic carbocycles. The molecule has 1 N–H and O–H groups in total. The number of hydrogen-bond acceptors (Lipinski definition) is 8. The summed E-state index contributed by atoms with van der Waals surface area (Å²) in [6, 6.07) is 0.874. The number of carboxylic acids is 1. The minimum absolute atomic E-state index is 0.145. The van der Waals surface area contributed by atoms with Gasteiger partial charge in [-0.3, -0.25) is 10.1 Å². The van der Waals surface area contributed by atoms with Gasteiger partial charge in [-0.25, -0.2) is 9.78 Å². The van der Waals surface area contributed by atoms with Gasteiger partial charge in [0.1, 0.15) is 11.8 Å². The first-order valence-electron chi connectivity index (χ1n) is 4.84. The maximum absolute atomic E-state index is 10.9. The Kier molecular flexibility index (Phi) is 3.04. The van der Waals surface area contributed by atoms with Crippen molar-refractivity contribution in [3.63, 3.8) is 0 Å². The smallest absolute Gasteiger partial charge is 0.477 e. The molecule has 0 aliphatic carbocycles. The molecule has 0 bridgehead atoms. The highest BCUT2D eigenvalue weighted by molar-refractivity contribution is 5.92. The number of carbonyl (C=O) groups is 1. The zero-order valence-corrected chi connectivity index (χ0v) is 9.40. The Hall–Kier alpha value is -3.44. The van der Waals surface area contributed by atoms with Crippen molar-refractivity contribution in [1.29, 1.82) is 0 Å². The number of nitro groups is 2. The molecule has 0 atom stereocenters. The van der Waals surface area contributed by atoms with Crippen LogP contribution in [0.1, 0.15) is 10.4 Å². The van der Waals surface area contributed by atoms with Crippen LogP contribution in [0.4, 0.5) is 11.6 Å². The van der Waals surface area contributed by atoms with Crippen molar-refractivity contribution in [2.24, 2.45) is 0 Å². The lowest BCUT2D eigenvalue weighted by Crippen LogP contribution is -2.07. The zero-order valence-electron chi connectivity index (χ0n) is 9.40. The van der Waals surface area contributed by atoms with Crippen LogP contribution in [-0.2, 0) is 0 Å². The van der Waals surface area contributed by atoms with E-state index in [4.69, 9.17) is 5.11 Å². The first-order valence-corrected chi connectivity index (χ1v) is 4.84. The van der Waals surface area contributed by atoms with Crippen LogP contribution < -0.4 is 0 Å². The second-order valence-corrected chi connectivity index (χ2v) is 3.37. The average molecular weight is 280 g/mol. The van der Waals surface area contributed by atoms with Gasteiger partial charge in [0.05, 0.1) is 4.92 Å².